The molecule has 0 spiro atoms. The van der Waals surface area contributed by atoms with Crippen LogP contribution in [0.1, 0.15) is 35.5 Å². The number of ether oxygens (including phenoxy) is 2. The zero-order chi connectivity index (χ0) is 18.4. The van der Waals surface area contributed by atoms with Crippen LogP contribution in [-0.2, 0) is 16.1 Å². The van der Waals surface area contributed by atoms with Crippen molar-refractivity contribution in [3.8, 4) is 0 Å². The van der Waals surface area contributed by atoms with Gasteiger partial charge in [0, 0.05) is 29.2 Å². The number of nitrogens with two attached hydrogens (primary N) is 1. The highest BCUT2D eigenvalue weighted by atomic mass is 32.2. The first-order valence-corrected chi connectivity index (χ1v) is 9.89. The van der Waals surface area contributed by atoms with Gasteiger partial charge in [-0.25, -0.2) is 0 Å². The van der Waals surface area contributed by atoms with E-state index in [0.29, 0.717) is 11.4 Å². The Labute approximate surface area is 158 Å². The van der Waals surface area contributed by atoms with Crippen molar-refractivity contribution in [1.82, 2.24) is 0 Å². The summed E-state index contributed by atoms with van der Waals surface area (Å²) in [5.74, 6) is 1.49. The Balaban J connectivity index is 1.78. The van der Waals surface area contributed by atoms with Crippen LogP contribution >= 0.6 is 11.8 Å². The second kappa shape index (κ2) is 9.39. The second-order valence-corrected chi connectivity index (χ2v) is 7.47. The topological polar surface area (TPSA) is 84.9 Å². The third kappa shape index (κ3) is 4.99. The maximum Gasteiger partial charge on any atom is 0.184 e. The van der Waals surface area contributed by atoms with Crippen LogP contribution in [0, 0.1) is 0 Å². The molecule has 1 saturated heterocycles. The van der Waals surface area contributed by atoms with E-state index in [1.54, 1.807) is 11.8 Å². The average Bonchev–Trinajstić information content (AvgIpc) is 2.68. The van der Waals surface area contributed by atoms with Crippen molar-refractivity contribution in [1.29, 1.82) is 0 Å². The number of aliphatic hydroxyl groups is 2. The van der Waals surface area contributed by atoms with E-state index >= 15 is 0 Å². The first-order chi connectivity index (χ1) is 12.7. The highest BCUT2D eigenvalue weighted by Crippen LogP contribution is 2.39. The molecule has 6 heteroatoms. The summed E-state index contributed by atoms with van der Waals surface area (Å²) in [5.41, 5.74) is 9.43. The van der Waals surface area contributed by atoms with Crippen molar-refractivity contribution in [2.24, 2.45) is 0 Å². The minimum atomic E-state index is -0.477. The standard InChI is InChI=1S/C20H25NO4S/c21-17-3-1-2-16(10-17)20-24-18(13-26-9-8-22)11-19(25-20)15-6-4-14(12-23)5-7-15/h1-7,10,18-20,22-23H,8-9,11-13,21H2. The molecule has 3 rings (SSSR count). The molecule has 0 radical (unpaired) electrons. The Morgan fingerprint density at radius 3 is 2.54 bits per heavy atom. The molecule has 0 saturated carbocycles. The Bertz CT molecular complexity index is 694. The molecule has 2 aromatic carbocycles. The Morgan fingerprint density at radius 1 is 1.04 bits per heavy atom. The van der Waals surface area contributed by atoms with E-state index in [-0.39, 0.29) is 25.4 Å². The van der Waals surface area contributed by atoms with E-state index in [9.17, 15) is 5.11 Å². The van der Waals surface area contributed by atoms with Gasteiger partial charge in [-0.1, -0.05) is 36.4 Å². The third-order valence-corrected chi connectivity index (χ3v) is 5.42. The van der Waals surface area contributed by atoms with Gasteiger partial charge in [-0.15, -0.1) is 0 Å². The summed E-state index contributed by atoms with van der Waals surface area (Å²) < 4.78 is 12.4. The molecular weight excluding hydrogens is 350 g/mol. The van der Waals surface area contributed by atoms with Crippen molar-refractivity contribution in [3.63, 3.8) is 0 Å². The van der Waals surface area contributed by atoms with E-state index in [0.717, 1.165) is 28.9 Å². The Morgan fingerprint density at radius 2 is 1.85 bits per heavy atom. The molecule has 140 valence electrons. The highest BCUT2D eigenvalue weighted by Gasteiger charge is 2.32. The van der Waals surface area contributed by atoms with Crippen LogP contribution in [0.2, 0.25) is 0 Å². The zero-order valence-electron chi connectivity index (χ0n) is 14.6. The maximum atomic E-state index is 9.23. The lowest BCUT2D eigenvalue weighted by Gasteiger charge is -2.36. The van der Waals surface area contributed by atoms with Crippen LogP contribution in [0.3, 0.4) is 0 Å². The van der Waals surface area contributed by atoms with Gasteiger partial charge in [0.05, 0.1) is 25.4 Å². The number of anilines is 1. The highest BCUT2D eigenvalue weighted by molar-refractivity contribution is 7.99. The van der Waals surface area contributed by atoms with Crippen LogP contribution in [-0.4, -0.2) is 34.4 Å². The van der Waals surface area contributed by atoms with Crippen molar-refractivity contribution in [3.05, 3.63) is 65.2 Å². The molecule has 1 aliphatic heterocycles. The third-order valence-electron chi connectivity index (χ3n) is 4.34. The van der Waals surface area contributed by atoms with Crippen LogP contribution in [0.5, 0.6) is 0 Å². The van der Waals surface area contributed by atoms with Crippen LogP contribution < -0.4 is 5.73 Å². The van der Waals surface area contributed by atoms with E-state index < -0.39 is 6.29 Å². The van der Waals surface area contributed by atoms with Gasteiger partial charge in [-0.2, -0.15) is 11.8 Å². The number of aliphatic hydroxyl groups excluding tert-OH is 2. The fourth-order valence-corrected chi connectivity index (χ4v) is 3.78. The van der Waals surface area contributed by atoms with Crippen LogP contribution in [0.25, 0.3) is 0 Å². The minimum absolute atomic E-state index is 0.0225. The number of thioether (sulfide) groups is 1. The molecule has 0 aliphatic carbocycles. The maximum absolute atomic E-state index is 9.23. The zero-order valence-corrected chi connectivity index (χ0v) is 15.4. The van der Waals surface area contributed by atoms with E-state index in [1.165, 1.54) is 0 Å². The van der Waals surface area contributed by atoms with E-state index in [2.05, 4.69) is 0 Å². The van der Waals surface area contributed by atoms with Gasteiger partial charge < -0.3 is 25.4 Å². The van der Waals surface area contributed by atoms with Gasteiger partial charge in [-0.05, 0) is 23.3 Å². The molecule has 0 bridgehead atoms. The summed E-state index contributed by atoms with van der Waals surface area (Å²) in [6.45, 7) is 0.194. The quantitative estimate of drug-likeness (QED) is 0.510. The molecule has 1 aliphatic rings. The lowest BCUT2D eigenvalue weighted by molar-refractivity contribution is -0.245. The lowest BCUT2D eigenvalue weighted by atomic mass is 10.0. The molecule has 0 aromatic heterocycles. The van der Waals surface area contributed by atoms with Crippen molar-refractivity contribution < 1.29 is 19.7 Å². The molecular formula is C20H25NO4S. The predicted octanol–water partition coefficient (Wildman–Crippen LogP) is 3.03. The first-order valence-electron chi connectivity index (χ1n) is 8.74. The van der Waals surface area contributed by atoms with Gasteiger partial charge in [0.1, 0.15) is 0 Å². The first kappa shape index (κ1) is 19.2. The number of hydrogen-bond acceptors (Lipinski definition) is 6. The van der Waals surface area contributed by atoms with Crippen LogP contribution in [0.15, 0.2) is 48.5 Å². The summed E-state index contributed by atoms with van der Waals surface area (Å²) in [6.07, 6.45) is 0.196. The van der Waals surface area contributed by atoms with Gasteiger partial charge in [0.15, 0.2) is 6.29 Å². The van der Waals surface area contributed by atoms with E-state index in [1.807, 2.05) is 48.5 Å². The largest absolute Gasteiger partial charge is 0.399 e. The minimum Gasteiger partial charge on any atom is -0.399 e. The summed E-state index contributed by atoms with van der Waals surface area (Å²) in [6, 6.07) is 15.4. The molecule has 3 unspecified atom stereocenters. The fraction of sp³-hybridized carbons (Fsp3) is 0.400. The molecule has 5 nitrogen and oxygen atoms in total. The predicted molar refractivity (Wildman–Crippen MR) is 104 cm³/mol. The smallest absolute Gasteiger partial charge is 0.184 e. The summed E-state index contributed by atoms with van der Waals surface area (Å²) in [5, 5.41) is 18.2. The number of rotatable bonds is 7. The van der Waals surface area contributed by atoms with Gasteiger partial charge >= 0.3 is 0 Å². The fourth-order valence-electron chi connectivity index (χ4n) is 3.01. The summed E-state index contributed by atoms with van der Waals surface area (Å²) in [7, 11) is 0. The monoisotopic (exact) mass is 375 g/mol. The van der Waals surface area contributed by atoms with Gasteiger partial charge in [-0.3, -0.25) is 0 Å². The SMILES string of the molecule is Nc1cccc(C2OC(CSCCO)CC(c3ccc(CO)cc3)O2)c1. The van der Waals surface area contributed by atoms with Gasteiger partial charge in [0.25, 0.3) is 0 Å². The molecule has 4 N–H and O–H groups in total. The molecule has 1 fully saturated rings. The van der Waals surface area contributed by atoms with E-state index in [4.69, 9.17) is 20.3 Å². The molecule has 1 heterocycles. The van der Waals surface area contributed by atoms with Crippen LogP contribution in [0.4, 0.5) is 5.69 Å². The number of benzene rings is 2. The molecule has 0 amide bonds. The number of hydrogen-bond donors (Lipinski definition) is 3. The molecule has 2 aromatic rings. The Kier molecular flexibility index (Phi) is 6.93. The summed E-state index contributed by atoms with van der Waals surface area (Å²) >= 11 is 1.68. The Hall–Kier alpha value is -1.57. The summed E-state index contributed by atoms with van der Waals surface area (Å²) in [4.78, 5) is 0. The molecule has 26 heavy (non-hydrogen) atoms. The molecule has 3 atom stereocenters. The normalized spacial score (nSPS) is 23.1. The second-order valence-electron chi connectivity index (χ2n) is 6.32. The van der Waals surface area contributed by atoms with Gasteiger partial charge in [0.2, 0.25) is 0 Å². The van der Waals surface area contributed by atoms with Crippen molar-refractivity contribution in [2.75, 3.05) is 23.8 Å². The lowest BCUT2D eigenvalue weighted by Crippen LogP contribution is -2.31. The van der Waals surface area contributed by atoms with Crippen molar-refractivity contribution >= 4 is 17.4 Å². The van der Waals surface area contributed by atoms with Crippen molar-refractivity contribution in [2.45, 2.75) is 31.5 Å². The average molecular weight is 375 g/mol. The number of nitrogen functional groups attached to an aromatic ring is 1.